The average molecular weight is 393 g/mol. The van der Waals surface area contributed by atoms with Gasteiger partial charge in [0.15, 0.2) is 0 Å². The van der Waals surface area contributed by atoms with Crippen LogP contribution >= 0.6 is 0 Å². The van der Waals surface area contributed by atoms with E-state index in [4.69, 9.17) is 5.11 Å². The normalized spacial score (nSPS) is 22.3. The van der Waals surface area contributed by atoms with Gasteiger partial charge in [0.05, 0.1) is 18.7 Å². The molecule has 0 bridgehead atoms. The predicted molar refractivity (Wildman–Crippen MR) is 109 cm³/mol. The van der Waals surface area contributed by atoms with Gasteiger partial charge >= 0.3 is 5.97 Å². The molecule has 0 radical (unpaired) electrons. The number of piperidine rings is 1. The van der Waals surface area contributed by atoms with Crippen LogP contribution in [0.25, 0.3) is 0 Å². The van der Waals surface area contributed by atoms with E-state index in [-0.39, 0.29) is 12.3 Å². The number of hydrogen-bond acceptors (Lipinski definition) is 4. The number of aliphatic carboxylic acids is 1. The summed E-state index contributed by atoms with van der Waals surface area (Å²) in [6.45, 7) is 2.99. The third-order valence-corrected chi connectivity index (χ3v) is 6.16. The van der Waals surface area contributed by atoms with Crippen LogP contribution in [0.4, 0.5) is 0 Å². The molecule has 4 rings (SSSR count). The van der Waals surface area contributed by atoms with Gasteiger partial charge in [-0.15, -0.1) is 0 Å². The molecule has 1 atom stereocenters. The molecule has 3 heterocycles. The highest BCUT2D eigenvalue weighted by molar-refractivity contribution is 5.87. The number of rotatable bonds is 6. The lowest BCUT2D eigenvalue weighted by molar-refractivity contribution is -0.148. The van der Waals surface area contributed by atoms with Crippen LogP contribution in [0.5, 0.6) is 0 Å². The topological polar surface area (TPSA) is 73.7 Å². The molecule has 6 heteroatoms. The number of benzene rings is 1. The number of nitrogens with zero attached hydrogens (tertiary/aromatic N) is 3. The minimum atomic E-state index is -0.822. The van der Waals surface area contributed by atoms with E-state index in [0.717, 1.165) is 62.1 Å². The average Bonchev–Trinajstić information content (AvgIpc) is 3.10. The van der Waals surface area contributed by atoms with Gasteiger partial charge in [0.25, 0.3) is 0 Å². The van der Waals surface area contributed by atoms with E-state index in [1.807, 2.05) is 47.4 Å². The third-order valence-electron chi connectivity index (χ3n) is 6.16. The quantitative estimate of drug-likeness (QED) is 0.817. The van der Waals surface area contributed by atoms with Crippen molar-refractivity contribution in [1.29, 1.82) is 0 Å². The van der Waals surface area contributed by atoms with Crippen LogP contribution in [-0.2, 0) is 29.1 Å². The molecular weight excluding hydrogens is 366 g/mol. The molecule has 1 amide bonds. The molecule has 2 fully saturated rings. The Morgan fingerprint density at radius 2 is 1.72 bits per heavy atom. The highest BCUT2D eigenvalue weighted by Gasteiger charge is 2.50. The number of pyridine rings is 1. The second kappa shape index (κ2) is 8.33. The van der Waals surface area contributed by atoms with Crippen LogP contribution in [0.1, 0.15) is 42.5 Å². The van der Waals surface area contributed by atoms with E-state index in [2.05, 4.69) is 9.88 Å². The first kappa shape index (κ1) is 19.6. The fraction of sp³-hybridized carbons (Fsp3) is 0.435. The molecule has 1 aromatic carbocycles. The molecule has 1 spiro atoms. The zero-order valence-corrected chi connectivity index (χ0v) is 16.6. The van der Waals surface area contributed by atoms with E-state index >= 15 is 0 Å². The molecule has 0 aliphatic carbocycles. The fourth-order valence-corrected chi connectivity index (χ4v) is 4.75. The van der Waals surface area contributed by atoms with Crippen molar-refractivity contribution in [3.8, 4) is 0 Å². The number of hydrogen-bond donors (Lipinski definition) is 1. The molecule has 2 aliphatic rings. The molecule has 1 aromatic heterocycles. The van der Waals surface area contributed by atoms with E-state index in [9.17, 15) is 9.59 Å². The number of amides is 1. The molecular formula is C23H27N3O3. The van der Waals surface area contributed by atoms with Crippen LogP contribution < -0.4 is 0 Å². The molecule has 1 unspecified atom stereocenters. The smallest absolute Gasteiger partial charge is 0.307 e. The Morgan fingerprint density at radius 3 is 2.41 bits per heavy atom. The van der Waals surface area contributed by atoms with Crippen molar-refractivity contribution in [2.45, 2.75) is 50.7 Å². The summed E-state index contributed by atoms with van der Waals surface area (Å²) in [5, 5.41) is 8.94. The zero-order valence-electron chi connectivity index (χ0n) is 16.6. The van der Waals surface area contributed by atoms with Crippen LogP contribution in [0.2, 0.25) is 0 Å². The fourth-order valence-electron chi connectivity index (χ4n) is 4.75. The number of likely N-dealkylation sites (tertiary alicyclic amines) is 2. The summed E-state index contributed by atoms with van der Waals surface area (Å²) in [6, 6.07) is 13.6. The van der Waals surface area contributed by atoms with E-state index in [1.165, 1.54) is 0 Å². The standard InChI is InChI=1S/C23H27N3O3/c27-21(28)15-18-6-8-19(9-7-18)16-26-14-4-11-23(26)10-3-13-25(22(23)29)17-20-5-1-2-12-24-20/h1-2,5-9,12H,3-4,10-11,13-17H2,(H,27,28). The van der Waals surface area contributed by atoms with Crippen LogP contribution in [0.3, 0.4) is 0 Å². The van der Waals surface area contributed by atoms with Crippen LogP contribution in [0, 0.1) is 0 Å². The Morgan fingerprint density at radius 1 is 1.00 bits per heavy atom. The Labute approximate surface area is 171 Å². The van der Waals surface area contributed by atoms with E-state index in [0.29, 0.717) is 6.54 Å². The molecule has 2 saturated heterocycles. The summed E-state index contributed by atoms with van der Waals surface area (Å²) in [5.41, 5.74) is 2.44. The molecule has 152 valence electrons. The van der Waals surface area contributed by atoms with Gasteiger partial charge < -0.3 is 10.0 Å². The maximum Gasteiger partial charge on any atom is 0.307 e. The number of carbonyl (C=O) groups excluding carboxylic acids is 1. The number of aromatic nitrogens is 1. The summed E-state index contributed by atoms with van der Waals surface area (Å²) >= 11 is 0. The van der Waals surface area contributed by atoms with Crippen molar-refractivity contribution in [1.82, 2.24) is 14.8 Å². The summed E-state index contributed by atoms with van der Waals surface area (Å²) in [5.74, 6) is -0.591. The van der Waals surface area contributed by atoms with Crippen molar-refractivity contribution >= 4 is 11.9 Å². The van der Waals surface area contributed by atoms with Crippen molar-refractivity contribution in [2.24, 2.45) is 0 Å². The van der Waals surface area contributed by atoms with Gasteiger partial charge in [-0.3, -0.25) is 19.5 Å². The molecule has 0 saturated carbocycles. The van der Waals surface area contributed by atoms with Gasteiger partial charge in [0, 0.05) is 19.3 Å². The van der Waals surface area contributed by atoms with E-state index < -0.39 is 11.5 Å². The molecule has 6 nitrogen and oxygen atoms in total. The third kappa shape index (κ3) is 4.17. The predicted octanol–water partition coefficient (Wildman–Crippen LogP) is 2.87. The van der Waals surface area contributed by atoms with Gasteiger partial charge in [0.1, 0.15) is 5.54 Å². The lowest BCUT2D eigenvalue weighted by atomic mass is 9.85. The van der Waals surface area contributed by atoms with Crippen molar-refractivity contribution in [3.63, 3.8) is 0 Å². The van der Waals surface area contributed by atoms with E-state index in [1.54, 1.807) is 6.20 Å². The minimum Gasteiger partial charge on any atom is -0.481 e. The number of carboxylic acid groups (broad SMARTS) is 1. The van der Waals surface area contributed by atoms with Crippen molar-refractivity contribution in [3.05, 3.63) is 65.5 Å². The number of carbonyl (C=O) groups is 2. The summed E-state index contributed by atoms with van der Waals surface area (Å²) in [4.78, 5) is 33.1. The highest BCUT2D eigenvalue weighted by Crippen LogP contribution is 2.39. The Balaban J connectivity index is 1.48. The Hall–Kier alpha value is -2.73. The van der Waals surface area contributed by atoms with Crippen molar-refractivity contribution < 1.29 is 14.7 Å². The first-order valence-corrected chi connectivity index (χ1v) is 10.3. The first-order valence-electron chi connectivity index (χ1n) is 10.3. The molecule has 1 N–H and O–H groups in total. The lowest BCUT2D eigenvalue weighted by Crippen LogP contribution is -2.59. The SMILES string of the molecule is O=C(O)Cc1ccc(CN2CCCC23CCCN(Cc2ccccn2)C3=O)cc1. The second-order valence-electron chi connectivity index (χ2n) is 8.10. The lowest BCUT2D eigenvalue weighted by Gasteiger charge is -2.44. The maximum absolute atomic E-state index is 13.5. The largest absolute Gasteiger partial charge is 0.481 e. The maximum atomic E-state index is 13.5. The van der Waals surface area contributed by atoms with Gasteiger partial charge in [-0.25, -0.2) is 0 Å². The monoisotopic (exact) mass is 393 g/mol. The molecule has 2 aliphatic heterocycles. The molecule has 29 heavy (non-hydrogen) atoms. The Kier molecular flexibility index (Phi) is 5.62. The molecule has 2 aromatic rings. The van der Waals surface area contributed by atoms with Gasteiger partial charge in [-0.05, 0) is 55.5 Å². The minimum absolute atomic E-state index is 0.0366. The van der Waals surface area contributed by atoms with Crippen molar-refractivity contribution in [2.75, 3.05) is 13.1 Å². The highest BCUT2D eigenvalue weighted by atomic mass is 16.4. The van der Waals surface area contributed by atoms with Crippen LogP contribution in [-0.4, -0.2) is 50.4 Å². The summed E-state index contributed by atoms with van der Waals surface area (Å²) in [6.07, 6.45) is 5.65. The second-order valence-corrected chi connectivity index (χ2v) is 8.10. The summed E-state index contributed by atoms with van der Waals surface area (Å²) in [7, 11) is 0. The van der Waals surface area contributed by atoms with Gasteiger partial charge in [-0.1, -0.05) is 30.3 Å². The summed E-state index contributed by atoms with van der Waals surface area (Å²) < 4.78 is 0. The Bertz CT molecular complexity index is 869. The number of carboxylic acids is 1. The van der Waals surface area contributed by atoms with Gasteiger partial charge in [-0.2, -0.15) is 0 Å². The van der Waals surface area contributed by atoms with Gasteiger partial charge in [0.2, 0.25) is 5.91 Å². The van der Waals surface area contributed by atoms with Crippen LogP contribution in [0.15, 0.2) is 48.7 Å². The zero-order chi connectivity index (χ0) is 20.3. The first-order chi connectivity index (χ1) is 14.1.